The summed E-state index contributed by atoms with van der Waals surface area (Å²) in [5, 5.41) is 9.01. The van der Waals surface area contributed by atoms with Gasteiger partial charge in [-0.25, -0.2) is 19.6 Å². The second-order valence-electron chi connectivity index (χ2n) is 8.90. The summed E-state index contributed by atoms with van der Waals surface area (Å²) in [6, 6.07) is 0. The Morgan fingerprint density at radius 2 is 1.47 bits per heavy atom. The van der Waals surface area contributed by atoms with E-state index in [9.17, 15) is 19.2 Å². The van der Waals surface area contributed by atoms with E-state index in [4.69, 9.17) is 19.9 Å². The van der Waals surface area contributed by atoms with Crippen molar-refractivity contribution in [3.8, 4) is 0 Å². The zero-order valence-corrected chi connectivity index (χ0v) is 25.4. The van der Waals surface area contributed by atoms with Crippen LogP contribution >= 0.6 is 45.9 Å². The number of likely N-dealkylation sites (N-methyl/N-ethyl adjacent to an activating group) is 2. The van der Waals surface area contributed by atoms with Gasteiger partial charge in [0.25, 0.3) is 0 Å². The maximum atomic E-state index is 11.6. The van der Waals surface area contributed by atoms with Crippen molar-refractivity contribution < 1.29 is 31.8 Å². The molecule has 0 aromatic rings. The lowest BCUT2D eigenvalue weighted by Gasteiger charge is -2.38. The van der Waals surface area contributed by atoms with Crippen molar-refractivity contribution in [3.63, 3.8) is 0 Å². The molecule has 0 aromatic carbocycles. The number of rotatable bonds is 21. The molecule has 16 heteroatoms. The van der Waals surface area contributed by atoms with Crippen LogP contribution in [-0.2, 0) is 22.2 Å². The van der Waals surface area contributed by atoms with Crippen molar-refractivity contribution in [1.82, 2.24) is 23.8 Å². The number of carboxylic acid groups (broad SMARTS) is 1. The van der Waals surface area contributed by atoms with Crippen molar-refractivity contribution in [2.24, 2.45) is 11.7 Å². The highest BCUT2D eigenvalue weighted by Gasteiger charge is 2.24. The minimum atomic E-state index is -0.892. The fraction of sp³-hybridized carbons (Fsp3) is 0.800. The Balaban J connectivity index is 5.20. The molecular weight excluding hydrogens is 702 g/mol. The lowest BCUT2D eigenvalue weighted by molar-refractivity contribution is -0.908. The van der Waals surface area contributed by atoms with E-state index in [-0.39, 0.29) is 30.9 Å². The van der Waals surface area contributed by atoms with Gasteiger partial charge in [0, 0.05) is 68.3 Å². The van der Waals surface area contributed by atoms with Gasteiger partial charge in [-0.05, 0) is 20.0 Å². The minimum absolute atomic E-state index is 0.0625. The van der Waals surface area contributed by atoms with Crippen molar-refractivity contribution in [2.45, 2.75) is 25.7 Å². The first-order chi connectivity index (χ1) is 16.9. The zero-order chi connectivity index (χ0) is 27.6. The molecule has 0 rings (SSSR count). The van der Waals surface area contributed by atoms with Gasteiger partial charge in [0.2, 0.25) is 11.8 Å². The standard InChI is InChI=1S/C20H40I2N8O6/c1-27(16-20(35)36-22)10-13-30(2,12-4-6-18(32)26-24)14-11-28(7-3-5-17(31)25-23)8-9-29(21)15-19(33)34/h3-16,23-24H2,1-2H3,(H2-,25,26,31,32,33,34)/p+1. The number of carboxylic acids is 1. The minimum Gasteiger partial charge on any atom is -0.480 e. The van der Waals surface area contributed by atoms with Gasteiger partial charge in [0.05, 0.1) is 33.2 Å². The monoisotopic (exact) mass is 743 g/mol. The molecule has 0 heterocycles. The quantitative estimate of drug-likeness (QED) is 0.0239. The highest BCUT2D eigenvalue weighted by atomic mass is 127. The number of quaternary nitrogens is 1. The first-order valence-electron chi connectivity index (χ1n) is 11.6. The summed E-state index contributed by atoms with van der Waals surface area (Å²) in [7, 11) is 3.96. The predicted octanol–water partition coefficient (Wildman–Crippen LogP) is -1.16. The van der Waals surface area contributed by atoms with Crippen LogP contribution in [0.1, 0.15) is 25.7 Å². The molecule has 0 aromatic heterocycles. The summed E-state index contributed by atoms with van der Waals surface area (Å²) in [6.07, 6.45) is 1.88. The molecule has 0 bridgehead atoms. The maximum absolute atomic E-state index is 11.6. The van der Waals surface area contributed by atoms with E-state index in [2.05, 4.69) is 22.8 Å². The van der Waals surface area contributed by atoms with Crippen LogP contribution in [0.5, 0.6) is 0 Å². The molecule has 0 radical (unpaired) electrons. The largest absolute Gasteiger partial charge is 0.480 e. The normalized spacial score (nSPS) is 13.0. The van der Waals surface area contributed by atoms with Gasteiger partial charge in [-0.2, -0.15) is 0 Å². The van der Waals surface area contributed by atoms with Gasteiger partial charge in [-0.1, -0.05) is 0 Å². The summed E-state index contributed by atoms with van der Waals surface area (Å²) in [5.74, 6) is 8.72. The van der Waals surface area contributed by atoms with Gasteiger partial charge in [-0.3, -0.25) is 35.0 Å². The Morgan fingerprint density at radius 1 is 0.889 bits per heavy atom. The number of aliphatic carboxylic acids is 1. The first kappa shape index (κ1) is 35.1. The molecule has 0 aliphatic heterocycles. The van der Waals surface area contributed by atoms with Crippen molar-refractivity contribution >= 4 is 69.6 Å². The number of carbonyl (C=O) groups excluding carboxylic acids is 3. The van der Waals surface area contributed by atoms with Gasteiger partial charge in [0.15, 0.2) is 23.0 Å². The number of carbonyl (C=O) groups is 4. The van der Waals surface area contributed by atoms with E-state index < -0.39 is 5.97 Å². The molecule has 0 spiro atoms. The molecule has 1 unspecified atom stereocenters. The average Bonchev–Trinajstić information content (AvgIpc) is 2.83. The molecule has 14 nitrogen and oxygen atoms in total. The third-order valence-electron chi connectivity index (χ3n) is 5.73. The molecule has 7 N–H and O–H groups in total. The molecule has 210 valence electrons. The summed E-state index contributed by atoms with van der Waals surface area (Å²) >= 11 is 3.57. The molecule has 0 fully saturated rings. The van der Waals surface area contributed by atoms with E-state index in [0.29, 0.717) is 62.9 Å². The molecule has 0 aliphatic rings. The summed E-state index contributed by atoms with van der Waals surface area (Å²) in [5.41, 5.74) is 4.29. The fourth-order valence-electron chi connectivity index (χ4n) is 3.49. The van der Waals surface area contributed by atoms with E-state index in [1.807, 2.05) is 34.8 Å². The van der Waals surface area contributed by atoms with Crippen LogP contribution in [-0.4, -0.2) is 126 Å². The summed E-state index contributed by atoms with van der Waals surface area (Å²) < 4.78 is 7.08. The van der Waals surface area contributed by atoms with E-state index >= 15 is 0 Å². The molecular formula is C20H41I2N8O6+. The number of halogens is 2. The van der Waals surface area contributed by atoms with Gasteiger partial charge >= 0.3 is 11.9 Å². The number of hydrazine groups is 2. The van der Waals surface area contributed by atoms with E-state index in [1.54, 1.807) is 26.1 Å². The van der Waals surface area contributed by atoms with Crippen LogP contribution in [0.2, 0.25) is 0 Å². The van der Waals surface area contributed by atoms with Crippen molar-refractivity contribution in [3.05, 3.63) is 0 Å². The SMILES string of the molecule is CN(CC[N+](C)(CCCC(=O)NN)CCN(CCCC(=O)NN)CCN(I)CC(=O)O)CC(=O)OI. The molecule has 0 aliphatic carbocycles. The van der Waals surface area contributed by atoms with E-state index in [0.717, 1.165) is 19.6 Å². The Hall–Kier alpha value is -0.900. The number of nitrogens with zero attached hydrogens (tertiary/aromatic N) is 4. The van der Waals surface area contributed by atoms with Gasteiger partial charge < -0.3 is 12.7 Å². The van der Waals surface area contributed by atoms with Crippen molar-refractivity contribution in [1.29, 1.82) is 0 Å². The predicted molar refractivity (Wildman–Crippen MR) is 151 cm³/mol. The lowest BCUT2D eigenvalue weighted by atomic mass is 10.2. The second-order valence-corrected chi connectivity index (χ2v) is 10.7. The number of nitrogens with one attached hydrogen (secondary N) is 2. The third kappa shape index (κ3) is 18.4. The highest BCUT2D eigenvalue weighted by molar-refractivity contribution is 14.1. The summed E-state index contributed by atoms with van der Waals surface area (Å²) in [6.45, 7) is 5.57. The van der Waals surface area contributed by atoms with Crippen LogP contribution in [0.25, 0.3) is 0 Å². The number of hydrogen-bond donors (Lipinski definition) is 5. The molecule has 1 atom stereocenters. The molecule has 0 saturated heterocycles. The fourth-order valence-corrected chi connectivity index (χ4v) is 4.14. The average molecular weight is 743 g/mol. The van der Waals surface area contributed by atoms with Crippen LogP contribution in [0, 0.1) is 0 Å². The first-order valence-corrected chi connectivity index (χ1v) is 13.5. The number of hydrogen-bond acceptors (Lipinski definition) is 10. The topological polar surface area (TPSA) is 184 Å². The lowest BCUT2D eigenvalue weighted by Crippen LogP contribution is -2.53. The third-order valence-corrected chi connectivity index (χ3v) is 7.05. The Morgan fingerprint density at radius 3 is 2.03 bits per heavy atom. The highest BCUT2D eigenvalue weighted by Crippen LogP contribution is 2.09. The molecule has 2 amide bonds. The van der Waals surface area contributed by atoms with Gasteiger partial charge in [0.1, 0.15) is 6.54 Å². The summed E-state index contributed by atoms with van der Waals surface area (Å²) in [4.78, 5) is 49.8. The van der Waals surface area contributed by atoms with Crippen LogP contribution < -0.4 is 22.5 Å². The number of nitrogens with two attached hydrogens (primary N) is 2. The van der Waals surface area contributed by atoms with Crippen LogP contribution in [0.4, 0.5) is 0 Å². The van der Waals surface area contributed by atoms with Crippen molar-refractivity contribution in [2.75, 3.05) is 79.5 Å². The van der Waals surface area contributed by atoms with Crippen LogP contribution in [0.3, 0.4) is 0 Å². The molecule has 36 heavy (non-hydrogen) atoms. The zero-order valence-electron chi connectivity index (χ0n) is 21.1. The van der Waals surface area contributed by atoms with Gasteiger partial charge in [-0.15, -0.1) is 0 Å². The smallest absolute Gasteiger partial charge is 0.329 e. The maximum Gasteiger partial charge on any atom is 0.329 e. The Labute approximate surface area is 241 Å². The van der Waals surface area contributed by atoms with Crippen LogP contribution in [0.15, 0.2) is 0 Å². The molecule has 0 saturated carbocycles. The number of amides is 2. The van der Waals surface area contributed by atoms with E-state index in [1.165, 1.54) is 0 Å². The Bertz CT molecular complexity index is 693. The second kappa shape index (κ2) is 20.1. The Kier molecular flexibility index (Phi) is 19.6.